The van der Waals surface area contributed by atoms with E-state index in [-0.39, 0.29) is 11.8 Å². The molecule has 1 atom stereocenters. The Kier molecular flexibility index (Phi) is 5.12. The van der Waals surface area contributed by atoms with Crippen LogP contribution in [0.15, 0.2) is 67.0 Å². The predicted octanol–water partition coefficient (Wildman–Crippen LogP) is 3.64. The van der Waals surface area contributed by atoms with Gasteiger partial charge in [-0.05, 0) is 49.7 Å². The summed E-state index contributed by atoms with van der Waals surface area (Å²) >= 11 is 0. The van der Waals surface area contributed by atoms with Crippen LogP contribution in [0.4, 0.5) is 11.4 Å². The maximum absolute atomic E-state index is 12.6. The topological polar surface area (TPSA) is 76.0 Å². The number of rotatable bonds is 5. The van der Waals surface area contributed by atoms with Gasteiger partial charge in [0.15, 0.2) is 0 Å². The van der Waals surface area contributed by atoms with E-state index >= 15 is 0 Å². The SMILES string of the molecule is Cc1cccc(NC(=O)c2ccccc2NC(=O)C(C)n2cccn2)c1. The van der Waals surface area contributed by atoms with Crippen molar-refractivity contribution in [2.75, 3.05) is 10.6 Å². The Bertz CT molecular complexity index is 919. The average Bonchev–Trinajstić information content (AvgIpc) is 3.16. The molecule has 6 nitrogen and oxygen atoms in total. The zero-order valence-electron chi connectivity index (χ0n) is 14.6. The fourth-order valence-corrected chi connectivity index (χ4v) is 2.58. The molecule has 2 amide bonds. The van der Waals surface area contributed by atoms with Gasteiger partial charge in [-0.25, -0.2) is 0 Å². The van der Waals surface area contributed by atoms with Crippen LogP contribution in [0.3, 0.4) is 0 Å². The molecule has 1 unspecified atom stereocenters. The number of carbonyl (C=O) groups excluding carboxylic acids is 2. The first-order chi connectivity index (χ1) is 12.5. The number of anilines is 2. The summed E-state index contributed by atoms with van der Waals surface area (Å²) in [6.07, 6.45) is 3.34. The first kappa shape index (κ1) is 17.4. The number of amides is 2. The molecule has 2 aromatic carbocycles. The van der Waals surface area contributed by atoms with Gasteiger partial charge in [-0.1, -0.05) is 24.3 Å². The highest BCUT2D eigenvalue weighted by Gasteiger charge is 2.18. The van der Waals surface area contributed by atoms with E-state index < -0.39 is 6.04 Å². The van der Waals surface area contributed by atoms with E-state index in [1.807, 2.05) is 31.2 Å². The van der Waals surface area contributed by atoms with E-state index in [9.17, 15) is 9.59 Å². The molecule has 2 N–H and O–H groups in total. The number of para-hydroxylation sites is 1. The number of aromatic nitrogens is 2. The quantitative estimate of drug-likeness (QED) is 0.739. The maximum atomic E-state index is 12.6. The van der Waals surface area contributed by atoms with Crippen LogP contribution in [0, 0.1) is 6.92 Å². The molecule has 0 fully saturated rings. The van der Waals surface area contributed by atoms with Gasteiger partial charge in [-0.2, -0.15) is 5.10 Å². The molecule has 0 bridgehead atoms. The van der Waals surface area contributed by atoms with Crippen LogP contribution >= 0.6 is 0 Å². The second-order valence-corrected chi connectivity index (χ2v) is 6.02. The van der Waals surface area contributed by atoms with Crippen LogP contribution in [0.2, 0.25) is 0 Å². The molecule has 0 radical (unpaired) electrons. The lowest BCUT2D eigenvalue weighted by atomic mass is 10.1. The van der Waals surface area contributed by atoms with Crippen LogP contribution in [0.25, 0.3) is 0 Å². The molecule has 0 saturated carbocycles. The number of aryl methyl sites for hydroxylation is 1. The molecule has 3 rings (SSSR count). The van der Waals surface area contributed by atoms with Crippen molar-refractivity contribution in [3.63, 3.8) is 0 Å². The van der Waals surface area contributed by atoms with E-state index in [0.717, 1.165) is 5.56 Å². The molecule has 132 valence electrons. The molecule has 0 spiro atoms. The Morgan fingerprint density at radius 1 is 1.04 bits per heavy atom. The molecule has 6 heteroatoms. The zero-order chi connectivity index (χ0) is 18.5. The predicted molar refractivity (Wildman–Crippen MR) is 101 cm³/mol. The summed E-state index contributed by atoms with van der Waals surface area (Å²) < 4.78 is 1.56. The van der Waals surface area contributed by atoms with E-state index in [1.165, 1.54) is 0 Å². The van der Waals surface area contributed by atoms with Gasteiger partial charge in [0, 0.05) is 18.1 Å². The van der Waals surface area contributed by atoms with E-state index in [0.29, 0.717) is 16.9 Å². The minimum Gasteiger partial charge on any atom is -0.323 e. The van der Waals surface area contributed by atoms with Gasteiger partial charge in [-0.15, -0.1) is 0 Å². The Morgan fingerprint density at radius 3 is 2.58 bits per heavy atom. The smallest absolute Gasteiger partial charge is 0.257 e. The van der Waals surface area contributed by atoms with Gasteiger partial charge in [0.25, 0.3) is 5.91 Å². The van der Waals surface area contributed by atoms with Gasteiger partial charge in [0.1, 0.15) is 6.04 Å². The fourth-order valence-electron chi connectivity index (χ4n) is 2.58. The third kappa shape index (κ3) is 3.97. The van der Waals surface area contributed by atoms with Crippen LogP contribution in [-0.4, -0.2) is 21.6 Å². The number of nitrogens with one attached hydrogen (secondary N) is 2. The van der Waals surface area contributed by atoms with Crippen LogP contribution in [0.1, 0.15) is 28.9 Å². The standard InChI is InChI=1S/C20H20N4O2/c1-14-7-5-8-16(13-14)22-20(26)17-9-3-4-10-18(17)23-19(25)15(2)24-12-6-11-21-24/h3-13,15H,1-2H3,(H,22,26)(H,23,25). The number of hydrogen-bond acceptors (Lipinski definition) is 3. The van der Waals surface area contributed by atoms with E-state index in [1.54, 1.807) is 54.3 Å². The minimum atomic E-state index is -0.488. The molecule has 1 aromatic heterocycles. The zero-order valence-corrected chi connectivity index (χ0v) is 14.6. The molecule has 0 aliphatic carbocycles. The second kappa shape index (κ2) is 7.65. The van der Waals surface area contributed by atoms with Crippen molar-refractivity contribution in [1.82, 2.24) is 9.78 Å². The number of carbonyl (C=O) groups is 2. The fraction of sp³-hybridized carbons (Fsp3) is 0.150. The van der Waals surface area contributed by atoms with Crippen molar-refractivity contribution in [1.29, 1.82) is 0 Å². The summed E-state index contributed by atoms with van der Waals surface area (Å²) in [5, 5.41) is 9.75. The molecule has 0 aliphatic rings. The number of nitrogens with zero attached hydrogens (tertiary/aromatic N) is 2. The molecule has 0 aliphatic heterocycles. The summed E-state index contributed by atoms with van der Waals surface area (Å²) in [6.45, 7) is 3.71. The largest absolute Gasteiger partial charge is 0.323 e. The lowest BCUT2D eigenvalue weighted by molar-refractivity contribution is -0.119. The average molecular weight is 348 g/mol. The highest BCUT2D eigenvalue weighted by molar-refractivity contribution is 6.10. The normalized spacial score (nSPS) is 11.6. The van der Waals surface area contributed by atoms with Crippen molar-refractivity contribution >= 4 is 23.2 Å². The molecule has 1 heterocycles. The number of hydrogen-bond donors (Lipinski definition) is 2. The highest BCUT2D eigenvalue weighted by atomic mass is 16.2. The molecule has 0 saturated heterocycles. The van der Waals surface area contributed by atoms with Crippen LogP contribution in [0.5, 0.6) is 0 Å². The molecular weight excluding hydrogens is 328 g/mol. The second-order valence-electron chi connectivity index (χ2n) is 6.02. The van der Waals surface area contributed by atoms with E-state index in [4.69, 9.17) is 0 Å². The molecule has 26 heavy (non-hydrogen) atoms. The van der Waals surface area contributed by atoms with Crippen molar-refractivity contribution in [3.8, 4) is 0 Å². The summed E-state index contributed by atoms with van der Waals surface area (Å²) in [5.41, 5.74) is 2.62. The summed E-state index contributed by atoms with van der Waals surface area (Å²) in [7, 11) is 0. The van der Waals surface area contributed by atoms with Crippen LogP contribution < -0.4 is 10.6 Å². The van der Waals surface area contributed by atoms with Crippen molar-refractivity contribution in [2.24, 2.45) is 0 Å². The first-order valence-electron chi connectivity index (χ1n) is 8.31. The van der Waals surface area contributed by atoms with Crippen molar-refractivity contribution in [2.45, 2.75) is 19.9 Å². The molecular formula is C20H20N4O2. The minimum absolute atomic E-state index is 0.246. The summed E-state index contributed by atoms with van der Waals surface area (Å²) in [6, 6.07) is 15.7. The maximum Gasteiger partial charge on any atom is 0.257 e. The third-order valence-electron chi connectivity index (χ3n) is 4.01. The lowest BCUT2D eigenvalue weighted by Gasteiger charge is -2.15. The van der Waals surface area contributed by atoms with Gasteiger partial charge < -0.3 is 10.6 Å². The summed E-state index contributed by atoms with van der Waals surface area (Å²) in [4.78, 5) is 25.1. The monoisotopic (exact) mass is 348 g/mol. The highest BCUT2D eigenvalue weighted by Crippen LogP contribution is 2.19. The van der Waals surface area contributed by atoms with Crippen LogP contribution in [-0.2, 0) is 4.79 Å². The Hall–Kier alpha value is -3.41. The van der Waals surface area contributed by atoms with Gasteiger partial charge in [0.05, 0.1) is 11.3 Å². The van der Waals surface area contributed by atoms with Crippen molar-refractivity contribution in [3.05, 3.63) is 78.1 Å². The third-order valence-corrected chi connectivity index (χ3v) is 4.01. The Balaban J connectivity index is 1.77. The first-order valence-corrected chi connectivity index (χ1v) is 8.31. The lowest BCUT2D eigenvalue weighted by Crippen LogP contribution is -2.25. The van der Waals surface area contributed by atoms with Gasteiger partial charge in [-0.3, -0.25) is 14.3 Å². The Morgan fingerprint density at radius 2 is 1.85 bits per heavy atom. The van der Waals surface area contributed by atoms with Gasteiger partial charge >= 0.3 is 0 Å². The van der Waals surface area contributed by atoms with Gasteiger partial charge in [0.2, 0.25) is 5.91 Å². The molecule has 3 aromatic rings. The van der Waals surface area contributed by atoms with Crippen molar-refractivity contribution < 1.29 is 9.59 Å². The summed E-state index contributed by atoms with van der Waals surface area (Å²) in [5.74, 6) is -0.525. The van der Waals surface area contributed by atoms with E-state index in [2.05, 4.69) is 15.7 Å². The number of benzene rings is 2. The Labute approximate surface area is 151 Å².